The number of hydrogen-bond donors (Lipinski definition) is 0. The van der Waals surface area contributed by atoms with Crippen molar-refractivity contribution in [3.05, 3.63) is 168 Å². The molecule has 46 heavy (non-hydrogen) atoms. The van der Waals surface area contributed by atoms with Crippen LogP contribution in [0.2, 0.25) is 0 Å². The molecule has 5 aromatic carbocycles. The Labute approximate surface area is 290 Å². The fourth-order valence-electron chi connectivity index (χ4n) is 5.49. The molecule has 1 nitrogen and oxygen atoms in total. The summed E-state index contributed by atoms with van der Waals surface area (Å²) in [5, 5.41) is 5.49. The normalized spacial score (nSPS) is 14.4. The summed E-state index contributed by atoms with van der Waals surface area (Å²) in [6.45, 7) is 15.8. The van der Waals surface area contributed by atoms with Crippen molar-refractivity contribution in [2.24, 2.45) is 5.92 Å². The van der Waals surface area contributed by atoms with Crippen molar-refractivity contribution in [2.45, 2.75) is 59.3 Å². The Morgan fingerprint density at radius 2 is 1.20 bits per heavy atom. The van der Waals surface area contributed by atoms with E-state index in [1.807, 2.05) is 6.07 Å². The first-order valence-electron chi connectivity index (χ1n) is 16.1. The summed E-state index contributed by atoms with van der Waals surface area (Å²) in [6.07, 6.45) is 10.9. The Kier molecular flexibility index (Phi) is 10.5. The first-order chi connectivity index (χ1) is 21.9. The van der Waals surface area contributed by atoms with Gasteiger partial charge < -0.3 is 4.42 Å². The summed E-state index contributed by atoms with van der Waals surface area (Å²) < 4.78 is 6.38. The molecule has 0 saturated carbocycles. The first kappa shape index (κ1) is 33.6. The molecule has 1 aliphatic rings. The van der Waals surface area contributed by atoms with E-state index in [9.17, 15) is 0 Å². The monoisotopic (exact) mass is 678 g/mol. The zero-order valence-electron chi connectivity index (χ0n) is 28.2. The molecule has 1 unspecified atom stereocenters. The Bertz CT molecular complexity index is 1850. The van der Waals surface area contributed by atoms with Crippen molar-refractivity contribution < 1.29 is 28.7 Å². The second-order valence-corrected chi connectivity index (χ2v) is 15.3. The summed E-state index contributed by atoms with van der Waals surface area (Å²) in [5.41, 5.74) is 8.12. The standard InChI is InChI=1S/C21H25.C13H10.C10H9O.Zr/c1-20(2,3)16-9-7-14-11-15-8-10-17(21(4,5)6)13-19(15)18(14)12-16;1-3-7-12(8-4-1)11-13-9-5-2-6-10-13;1-8-2-3-9(6-8)10-4-5-11-7-10;/h7-13H,1-6H3;1-10H;2-5,7-8H,1H3;/q-1;;-1;+2. The average Bonchev–Trinajstić information content (AvgIpc) is 3.81. The van der Waals surface area contributed by atoms with E-state index in [1.165, 1.54) is 71.2 Å². The van der Waals surface area contributed by atoms with Gasteiger partial charge in [0.05, 0.1) is 6.26 Å². The summed E-state index contributed by atoms with van der Waals surface area (Å²) in [6, 6.07) is 39.2. The van der Waals surface area contributed by atoms with Gasteiger partial charge >= 0.3 is 99.2 Å². The molecule has 230 valence electrons. The van der Waals surface area contributed by atoms with E-state index in [1.54, 1.807) is 12.5 Å². The third-order valence-electron chi connectivity index (χ3n) is 8.33. The van der Waals surface area contributed by atoms with E-state index in [-0.39, 0.29) is 10.8 Å². The molecule has 6 aromatic rings. The molecule has 1 heterocycles. The fraction of sp³-hybridized carbons (Fsp3) is 0.227. The Morgan fingerprint density at radius 1 is 0.696 bits per heavy atom. The van der Waals surface area contributed by atoms with Crippen LogP contribution in [0.3, 0.4) is 0 Å². The van der Waals surface area contributed by atoms with Crippen LogP contribution in [0.5, 0.6) is 0 Å². The SMILES string of the molecule is CC(C)(C)c1ccc2[cH-]c3ccc(C(C)(C)C)cc3c2c1.CC1[C-]=C(c2ccoc2)C=C1.[Zr+2]=[C](c1ccccc1)c1ccccc1. The van der Waals surface area contributed by atoms with Crippen LogP contribution in [0.15, 0.2) is 138 Å². The molecule has 0 N–H and O–H groups in total. The average molecular weight is 680 g/mol. The maximum absolute atomic E-state index is 4.97. The minimum absolute atomic E-state index is 0.194. The molecular formula is C44H44OZr. The van der Waals surface area contributed by atoms with Crippen molar-refractivity contribution in [2.75, 3.05) is 0 Å². The van der Waals surface area contributed by atoms with Gasteiger partial charge in [-0.05, 0) is 10.8 Å². The van der Waals surface area contributed by atoms with Gasteiger partial charge in [-0.15, -0.1) is 45.8 Å². The quantitative estimate of drug-likeness (QED) is 0.170. The number of allylic oxidation sites excluding steroid dienone is 4. The molecule has 1 aromatic heterocycles. The number of fused-ring (bicyclic) bond motifs is 3. The minimum atomic E-state index is 0.194. The van der Waals surface area contributed by atoms with Crippen LogP contribution in [0.4, 0.5) is 0 Å². The third kappa shape index (κ3) is 8.34. The molecule has 0 spiro atoms. The van der Waals surface area contributed by atoms with Gasteiger partial charge in [-0.1, -0.05) is 101 Å². The van der Waals surface area contributed by atoms with Crippen LogP contribution < -0.4 is 0 Å². The van der Waals surface area contributed by atoms with E-state index >= 15 is 0 Å². The second-order valence-electron chi connectivity index (χ2n) is 14.1. The van der Waals surface area contributed by atoms with Gasteiger partial charge in [-0.25, -0.2) is 0 Å². The zero-order valence-corrected chi connectivity index (χ0v) is 30.6. The molecule has 0 bridgehead atoms. The van der Waals surface area contributed by atoms with Gasteiger partial charge in [0, 0.05) is 6.26 Å². The van der Waals surface area contributed by atoms with Gasteiger partial charge in [0.2, 0.25) is 0 Å². The number of rotatable bonds is 3. The molecule has 0 aliphatic heterocycles. The van der Waals surface area contributed by atoms with Crippen molar-refractivity contribution in [1.29, 1.82) is 0 Å². The van der Waals surface area contributed by atoms with Crippen LogP contribution in [0.25, 0.3) is 27.1 Å². The summed E-state index contributed by atoms with van der Waals surface area (Å²) >= 11 is 1.46. The van der Waals surface area contributed by atoms with Gasteiger partial charge in [0.25, 0.3) is 0 Å². The van der Waals surface area contributed by atoms with Crippen molar-refractivity contribution in [3.8, 4) is 0 Å². The van der Waals surface area contributed by atoms with Gasteiger partial charge in [-0.2, -0.15) is 17.7 Å². The summed E-state index contributed by atoms with van der Waals surface area (Å²) in [7, 11) is 0. The van der Waals surface area contributed by atoms with E-state index in [2.05, 4.69) is 170 Å². The van der Waals surface area contributed by atoms with E-state index in [4.69, 9.17) is 4.42 Å². The van der Waals surface area contributed by atoms with Crippen LogP contribution in [-0.2, 0) is 35.1 Å². The van der Waals surface area contributed by atoms with E-state index in [0.29, 0.717) is 5.92 Å². The number of furan rings is 1. The fourth-order valence-corrected chi connectivity index (χ4v) is 6.31. The first-order valence-corrected chi connectivity index (χ1v) is 17.3. The maximum atomic E-state index is 4.97. The molecule has 0 fully saturated rings. The molecule has 2 heteroatoms. The molecule has 0 saturated heterocycles. The Morgan fingerprint density at radius 3 is 1.59 bits per heavy atom. The topological polar surface area (TPSA) is 13.1 Å². The molecule has 1 atom stereocenters. The van der Waals surface area contributed by atoms with Gasteiger partial charge in [0.1, 0.15) is 0 Å². The van der Waals surface area contributed by atoms with Crippen LogP contribution in [0, 0.1) is 12.0 Å². The van der Waals surface area contributed by atoms with Crippen molar-refractivity contribution >= 4 is 30.3 Å². The Balaban J connectivity index is 0.000000144. The number of hydrogen-bond acceptors (Lipinski definition) is 1. The summed E-state index contributed by atoms with van der Waals surface area (Å²) in [5.74, 6) is 0.444. The molecule has 0 amide bonds. The zero-order chi connectivity index (χ0) is 32.9. The Hall–Kier alpha value is -3.74. The van der Waals surface area contributed by atoms with E-state index < -0.39 is 0 Å². The van der Waals surface area contributed by atoms with E-state index in [0.717, 1.165) is 11.1 Å². The predicted octanol–water partition coefficient (Wildman–Crippen LogP) is 11.8. The van der Waals surface area contributed by atoms with Crippen LogP contribution in [-0.4, -0.2) is 3.21 Å². The van der Waals surface area contributed by atoms with Crippen molar-refractivity contribution in [3.63, 3.8) is 0 Å². The van der Waals surface area contributed by atoms with Crippen LogP contribution >= 0.6 is 0 Å². The molecule has 0 radical (unpaired) electrons. The number of benzene rings is 4. The second kappa shape index (κ2) is 14.4. The molecular weight excluding hydrogens is 636 g/mol. The van der Waals surface area contributed by atoms with Gasteiger partial charge in [-0.3, -0.25) is 0 Å². The van der Waals surface area contributed by atoms with Crippen molar-refractivity contribution in [1.82, 2.24) is 0 Å². The van der Waals surface area contributed by atoms with Crippen LogP contribution in [0.1, 0.15) is 76.3 Å². The van der Waals surface area contributed by atoms with Gasteiger partial charge in [0.15, 0.2) is 0 Å². The third-order valence-corrected chi connectivity index (χ3v) is 9.75. The predicted molar refractivity (Wildman–Crippen MR) is 194 cm³/mol. The molecule has 1 aliphatic carbocycles. The summed E-state index contributed by atoms with van der Waals surface area (Å²) in [4.78, 5) is 0. The molecule has 7 rings (SSSR count).